The van der Waals surface area contributed by atoms with Crippen LogP contribution in [-0.4, -0.2) is 49.3 Å². The smallest absolute Gasteiger partial charge is 0.410 e. The highest BCUT2D eigenvalue weighted by molar-refractivity contribution is 5.81. The van der Waals surface area contributed by atoms with E-state index in [1.807, 2.05) is 0 Å². The van der Waals surface area contributed by atoms with Gasteiger partial charge in [0.2, 0.25) is 0 Å². The minimum atomic E-state index is -0.999. The minimum absolute atomic E-state index is 0.209. The summed E-state index contributed by atoms with van der Waals surface area (Å²) in [7, 11) is 2.57. The molecule has 1 atom stereocenters. The molecule has 0 heterocycles. The molecular weight excluding hydrogens is 240 g/mol. The van der Waals surface area contributed by atoms with E-state index in [1.165, 1.54) is 14.2 Å². The summed E-state index contributed by atoms with van der Waals surface area (Å²) >= 11 is 0. The van der Waals surface area contributed by atoms with Crippen LogP contribution in [-0.2, 0) is 14.3 Å². The van der Waals surface area contributed by atoms with E-state index in [-0.39, 0.29) is 6.54 Å². The molecule has 1 amide bonds. The largest absolute Gasteiger partial charge is 0.467 e. The number of azide groups is 1. The normalized spacial score (nSPS) is 12.1. The van der Waals surface area contributed by atoms with E-state index >= 15 is 0 Å². The monoisotopic (exact) mass is 258 g/mol. The third kappa shape index (κ3) is 5.40. The molecule has 0 saturated heterocycles. The third-order valence-corrected chi connectivity index (χ3v) is 1.94. The molecule has 0 spiro atoms. The van der Waals surface area contributed by atoms with Crippen LogP contribution in [0.3, 0.4) is 0 Å². The first-order valence-corrected chi connectivity index (χ1v) is 5.27. The Hall–Kier alpha value is -1.95. The van der Waals surface area contributed by atoms with E-state index in [9.17, 15) is 9.59 Å². The molecule has 0 unspecified atom stereocenters. The first-order chi connectivity index (χ1) is 8.22. The molecule has 102 valence electrons. The standard InChI is InChI=1S/C10H18N4O4/c1-10(2,3)18-9(16)14(4)7(6-12-13-11)8(15)17-5/h7H,6H2,1-5H3/t7-/m0/s1. The molecule has 8 heteroatoms. The second kappa shape index (κ2) is 6.70. The molecule has 0 fully saturated rings. The number of nitrogens with zero attached hydrogens (tertiary/aromatic N) is 4. The number of carbonyl (C=O) groups is 2. The van der Waals surface area contributed by atoms with Crippen LogP contribution in [0.1, 0.15) is 20.8 Å². The number of esters is 1. The first kappa shape index (κ1) is 16.1. The molecule has 18 heavy (non-hydrogen) atoms. The molecule has 0 bridgehead atoms. The van der Waals surface area contributed by atoms with Crippen molar-refractivity contribution in [3.05, 3.63) is 10.4 Å². The van der Waals surface area contributed by atoms with Gasteiger partial charge in [0, 0.05) is 12.0 Å². The van der Waals surface area contributed by atoms with Gasteiger partial charge in [-0.1, -0.05) is 5.11 Å². The molecule has 0 aliphatic carbocycles. The summed E-state index contributed by atoms with van der Waals surface area (Å²) in [5, 5.41) is 3.27. The Bertz CT molecular complexity index is 357. The van der Waals surface area contributed by atoms with Gasteiger partial charge in [0.15, 0.2) is 0 Å². The zero-order chi connectivity index (χ0) is 14.3. The maximum atomic E-state index is 11.7. The van der Waals surface area contributed by atoms with Crippen molar-refractivity contribution in [1.29, 1.82) is 0 Å². The van der Waals surface area contributed by atoms with Gasteiger partial charge in [-0.15, -0.1) is 0 Å². The molecule has 0 aromatic rings. The van der Waals surface area contributed by atoms with Gasteiger partial charge < -0.3 is 9.47 Å². The van der Waals surface area contributed by atoms with E-state index in [4.69, 9.17) is 10.3 Å². The average molecular weight is 258 g/mol. The Morgan fingerprint density at radius 3 is 2.39 bits per heavy atom. The second-order valence-electron chi connectivity index (χ2n) is 4.54. The summed E-state index contributed by atoms with van der Waals surface area (Å²) < 4.78 is 9.64. The van der Waals surface area contributed by atoms with Crippen molar-refractivity contribution in [2.45, 2.75) is 32.4 Å². The molecule has 0 aliphatic heterocycles. The van der Waals surface area contributed by atoms with Gasteiger partial charge in [0.05, 0.1) is 13.7 Å². The van der Waals surface area contributed by atoms with Gasteiger partial charge in [-0.3, -0.25) is 4.90 Å². The molecule has 0 aromatic heterocycles. The van der Waals surface area contributed by atoms with Crippen LogP contribution in [0.4, 0.5) is 4.79 Å². The number of methoxy groups -OCH3 is 1. The van der Waals surface area contributed by atoms with Crippen LogP contribution in [0.5, 0.6) is 0 Å². The quantitative estimate of drug-likeness (QED) is 0.331. The third-order valence-electron chi connectivity index (χ3n) is 1.94. The molecule has 0 saturated carbocycles. The number of rotatable bonds is 4. The predicted octanol–water partition coefficient (Wildman–Crippen LogP) is 1.71. The highest BCUT2D eigenvalue weighted by Gasteiger charge is 2.30. The van der Waals surface area contributed by atoms with E-state index < -0.39 is 23.7 Å². The fourth-order valence-electron chi connectivity index (χ4n) is 1.07. The summed E-state index contributed by atoms with van der Waals surface area (Å²) in [6.45, 7) is 4.91. The van der Waals surface area contributed by atoms with Gasteiger partial charge in [-0.2, -0.15) is 0 Å². The van der Waals surface area contributed by atoms with Gasteiger partial charge in [-0.25, -0.2) is 9.59 Å². The lowest BCUT2D eigenvalue weighted by Crippen LogP contribution is -2.46. The van der Waals surface area contributed by atoms with E-state index in [0.29, 0.717) is 0 Å². The summed E-state index contributed by atoms with van der Waals surface area (Å²) in [5.41, 5.74) is 7.57. The topological polar surface area (TPSA) is 105 Å². The Morgan fingerprint density at radius 2 is 2.00 bits per heavy atom. The van der Waals surface area contributed by atoms with Crippen molar-refractivity contribution in [1.82, 2.24) is 4.90 Å². The average Bonchev–Trinajstić information content (AvgIpc) is 2.26. The van der Waals surface area contributed by atoms with Crippen molar-refractivity contribution in [3.63, 3.8) is 0 Å². The van der Waals surface area contributed by atoms with Crippen molar-refractivity contribution >= 4 is 12.1 Å². The van der Waals surface area contributed by atoms with E-state index in [2.05, 4.69) is 14.8 Å². The lowest BCUT2D eigenvalue weighted by atomic mass is 10.2. The number of likely N-dealkylation sites (N-methyl/N-ethyl adjacent to an activating group) is 1. The van der Waals surface area contributed by atoms with Crippen molar-refractivity contribution in [2.24, 2.45) is 5.11 Å². The first-order valence-electron chi connectivity index (χ1n) is 5.27. The molecule has 0 rings (SSSR count). The van der Waals surface area contributed by atoms with Crippen molar-refractivity contribution in [3.8, 4) is 0 Å². The second-order valence-corrected chi connectivity index (χ2v) is 4.54. The van der Waals surface area contributed by atoms with Crippen LogP contribution in [0, 0.1) is 0 Å². The maximum absolute atomic E-state index is 11.7. The molecule has 0 aliphatic rings. The summed E-state index contributed by atoms with van der Waals surface area (Å²) in [4.78, 5) is 26.8. The highest BCUT2D eigenvalue weighted by atomic mass is 16.6. The molecule has 0 radical (unpaired) electrons. The van der Waals surface area contributed by atoms with Gasteiger partial charge in [-0.05, 0) is 26.3 Å². The van der Waals surface area contributed by atoms with Gasteiger partial charge in [0.1, 0.15) is 11.6 Å². The highest BCUT2D eigenvalue weighted by Crippen LogP contribution is 2.11. The number of ether oxygens (including phenoxy) is 2. The maximum Gasteiger partial charge on any atom is 0.410 e. The predicted molar refractivity (Wildman–Crippen MR) is 63.8 cm³/mol. The van der Waals surface area contributed by atoms with Crippen LogP contribution >= 0.6 is 0 Å². The number of amides is 1. The van der Waals surface area contributed by atoms with Crippen LogP contribution in [0.15, 0.2) is 5.11 Å². The summed E-state index contributed by atoms with van der Waals surface area (Å²) in [6.07, 6.45) is -0.689. The Kier molecular flexibility index (Phi) is 5.98. The fourth-order valence-corrected chi connectivity index (χ4v) is 1.07. The van der Waals surface area contributed by atoms with Gasteiger partial charge >= 0.3 is 12.1 Å². The SMILES string of the molecule is COC(=O)[C@H](CN=[N+]=[N-])N(C)C(=O)OC(C)(C)C. The molecular formula is C10H18N4O4. The van der Waals surface area contributed by atoms with Gasteiger partial charge in [0.25, 0.3) is 0 Å². The Labute approximate surface area is 105 Å². The Balaban J connectivity index is 4.83. The number of carbonyl (C=O) groups excluding carboxylic acids is 2. The molecule has 8 nitrogen and oxygen atoms in total. The summed E-state index contributed by atoms with van der Waals surface area (Å²) in [5.74, 6) is -0.671. The Morgan fingerprint density at radius 1 is 1.44 bits per heavy atom. The van der Waals surface area contributed by atoms with E-state index in [1.54, 1.807) is 20.8 Å². The van der Waals surface area contributed by atoms with Crippen LogP contribution in [0.2, 0.25) is 0 Å². The minimum Gasteiger partial charge on any atom is -0.467 e. The van der Waals surface area contributed by atoms with Crippen LogP contribution in [0.25, 0.3) is 10.4 Å². The van der Waals surface area contributed by atoms with Crippen molar-refractivity contribution < 1.29 is 19.1 Å². The zero-order valence-electron chi connectivity index (χ0n) is 11.2. The fraction of sp³-hybridized carbons (Fsp3) is 0.800. The number of hydrogen-bond donors (Lipinski definition) is 0. The number of hydrogen-bond acceptors (Lipinski definition) is 5. The summed E-state index contributed by atoms with van der Waals surface area (Å²) in [6, 6.07) is -0.999. The molecule has 0 N–H and O–H groups in total. The zero-order valence-corrected chi connectivity index (χ0v) is 11.2. The molecule has 0 aromatic carbocycles. The van der Waals surface area contributed by atoms with Crippen LogP contribution < -0.4 is 0 Å². The lowest BCUT2D eigenvalue weighted by Gasteiger charge is -2.28. The lowest BCUT2D eigenvalue weighted by molar-refractivity contribution is -0.145. The van der Waals surface area contributed by atoms with E-state index in [0.717, 1.165) is 4.90 Å². The van der Waals surface area contributed by atoms with Crippen molar-refractivity contribution in [2.75, 3.05) is 20.7 Å².